The normalized spacial score (nSPS) is 22.3. The number of ketones is 1. The molecule has 0 radical (unpaired) electrons. The predicted molar refractivity (Wildman–Crippen MR) is 139 cm³/mol. The fraction of sp³-hybridized carbons (Fsp3) is 0.423. The van der Waals surface area contributed by atoms with Crippen LogP contribution in [0.3, 0.4) is 0 Å². The summed E-state index contributed by atoms with van der Waals surface area (Å²) in [6.07, 6.45) is 0. The number of carbonyl (C=O) groups excluding carboxylic acids is 4. The van der Waals surface area contributed by atoms with E-state index in [2.05, 4.69) is 10.6 Å². The monoisotopic (exact) mass is 542 g/mol. The van der Waals surface area contributed by atoms with Gasteiger partial charge in [-0.15, -0.1) is 11.8 Å². The maximum atomic E-state index is 13.5. The summed E-state index contributed by atoms with van der Waals surface area (Å²) in [5.74, 6) is -3.12. The van der Waals surface area contributed by atoms with Gasteiger partial charge in [-0.2, -0.15) is 0 Å². The Kier molecular flexibility index (Phi) is 6.81. The van der Waals surface area contributed by atoms with Crippen LogP contribution in [-0.2, 0) is 21.4 Å². The lowest BCUT2D eigenvalue weighted by Crippen LogP contribution is -2.71. The van der Waals surface area contributed by atoms with Gasteiger partial charge in [-0.1, -0.05) is 12.1 Å². The number of aromatic nitrogens is 1. The summed E-state index contributed by atoms with van der Waals surface area (Å²) in [5, 5.41) is 24.2. The van der Waals surface area contributed by atoms with E-state index < -0.39 is 51.9 Å². The highest BCUT2D eigenvalue weighted by atomic mass is 32.2. The standard InChI is InChI=1S/C26H30N4O7S/c1-11-16(13(3)31)12(2)29(6)19(11)22(34)27-17(14-7-9-15(32)10-8-14)21(33)28-18-23(35)30-20(25(36)37)26(4,5)38-24(18)30/h7-10,17-18,20,24,32H,1-6H3,(H,27,34)(H,28,33)(H,36,37)/t17?,18-,20+,24-/m1/s1. The zero-order valence-electron chi connectivity index (χ0n) is 21.9. The first kappa shape index (κ1) is 27.2. The number of aliphatic carboxylic acids is 1. The Balaban J connectivity index is 1.62. The highest BCUT2D eigenvalue weighted by molar-refractivity contribution is 8.01. The van der Waals surface area contributed by atoms with Crippen molar-refractivity contribution in [2.45, 2.75) is 62.9 Å². The van der Waals surface area contributed by atoms with Crippen LogP contribution in [0.4, 0.5) is 0 Å². The Labute approximate surface area is 223 Å². The van der Waals surface area contributed by atoms with Crippen LogP contribution in [0, 0.1) is 13.8 Å². The second-order valence-corrected chi connectivity index (χ2v) is 11.9. The van der Waals surface area contributed by atoms with Crippen LogP contribution in [-0.4, -0.2) is 71.4 Å². The molecule has 2 aromatic rings. The Bertz CT molecular complexity index is 1360. The number of aromatic hydroxyl groups is 1. The fourth-order valence-corrected chi connectivity index (χ4v) is 6.99. The first-order valence-electron chi connectivity index (χ1n) is 12.0. The fourth-order valence-electron chi connectivity index (χ4n) is 5.37. The second kappa shape index (κ2) is 9.50. The van der Waals surface area contributed by atoms with E-state index in [4.69, 9.17) is 0 Å². The third-order valence-electron chi connectivity index (χ3n) is 7.23. The minimum absolute atomic E-state index is 0.0339. The van der Waals surface area contributed by atoms with E-state index in [1.165, 1.54) is 47.9 Å². The second-order valence-electron chi connectivity index (χ2n) is 10.1. The van der Waals surface area contributed by atoms with E-state index in [0.717, 1.165) is 0 Å². The summed E-state index contributed by atoms with van der Waals surface area (Å²) < 4.78 is 0.830. The molecule has 12 heteroatoms. The molecular weight excluding hydrogens is 512 g/mol. The summed E-state index contributed by atoms with van der Waals surface area (Å²) >= 11 is 1.29. The smallest absolute Gasteiger partial charge is 0.327 e. The Hall–Kier alpha value is -3.80. The highest BCUT2D eigenvalue weighted by Crippen LogP contribution is 2.50. The highest BCUT2D eigenvalue weighted by Gasteiger charge is 2.64. The molecule has 0 bridgehead atoms. The topological polar surface area (TPSA) is 158 Å². The molecule has 0 aliphatic carbocycles. The third kappa shape index (κ3) is 4.32. The number of benzene rings is 1. The van der Waals surface area contributed by atoms with Crippen molar-refractivity contribution in [3.05, 3.63) is 52.3 Å². The lowest BCUT2D eigenvalue weighted by atomic mass is 9.95. The molecule has 3 amide bonds. The number of carbonyl (C=O) groups is 5. The summed E-state index contributed by atoms with van der Waals surface area (Å²) in [6, 6.07) is 2.47. The Morgan fingerprint density at radius 1 is 1.11 bits per heavy atom. The number of amides is 3. The summed E-state index contributed by atoms with van der Waals surface area (Å²) in [5.41, 5.74) is 2.09. The van der Waals surface area contributed by atoms with Crippen molar-refractivity contribution >= 4 is 41.2 Å². The molecule has 2 saturated heterocycles. The molecule has 1 aromatic heterocycles. The molecule has 4 rings (SSSR count). The van der Waals surface area contributed by atoms with E-state index in [1.807, 2.05) is 0 Å². The van der Waals surface area contributed by atoms with Crippen molar-refractivity contribution in [3.63, 3.8) is 0 Å². The van der Waals surface area contributed by atoms with E-state index in [-0.39, 0.29) is 17.2 Å². The van der Waals surface area contributed by atoms with Crippen molar-refractivity contribution in [1.82, 2.24) is 20.1 Å². The van der Waals surface area contributed by atoms with Crippen molar-refractivity contribution in [2.24, 2.45) is 7.05 Å². The minimum Gasteiger partial charge on any atom is -0.508 e. The molecule has 1 unspecified atom stereocenters. The van der Waals surface area contributed by atoms with Gasteiger partial charge < -0.3 is 30.3 Å². The SMILES string of the molecule is CC(=O)c1c(C)c(C(=O)NC(C(=O)N[C@@H]2C(=O)N3[C@@H]2SC(C)(C)[C@@H]3C(=O)O)c2ccc(O)cc2)n(C)c1C. The van der Waals surface area contributed by atoms with Crippen molar-refractivity contribution < 1.29 is 34.2 Å². The van der Waals surface area contributed by atoms with Gasteiger partial charge in [-0.25, -0.2) is 4.79 Å². The number of hydrogen-bond acceptors (Lipinski definition) is 7. The van der Waals surface area contributed by atoms with Crippen LogP contribution in [0.2, 0.25) is 0 Å². The molecule has 2 aliphatic heterocycles. The molecular formula is C26H30N4O7S. The molecule has 38 heavy (non-hydrogen) atoms. The molecule has 4 atom stereocenters. The largest absolute Gasteiger partial charge is 0.508 e. The molecule has 2 fully saturated rings. The van der Waals surface area contributed by atoms with Gasteiger partial charge >= 0.3 is 5.97 Å². The van der Waals surface area contributed by atoms with Gasteiger partial charge in [-0.05, 0) is 57.9 Å². The van der Waals surface area contributed by atoms with Crippen molar-refractivity contribution in [1.29, 1.82) is 0 Å². The van der Waals surface area contributed by atoms with Gasteiger partial charge in [0.2, 0.25) is 11.8 Å². The first-order valence-corrected chi connectivity index (χ1v) is 12.8. The van der Waals surface area contributed by atoms with Gasteiger partial charge in [0.15, 0.2) is 5.78 Å². The van der Waals surface area contributed by atoms with Gasteiger partial charge in [0.05, 0.1) is 0 Å². The number of β-lactam (4-membered cyclic amide) rings is 1. The number of fused-ring (bicyclic) bond motifs is 1. The van der Waals surface area contributed by atoms with Crippen LogP contribution in [0.5, 0.6) is 5.75 Å². The van der Waals surface area contributed by atoms with Crippen molar-refractivity contribution in [2.75, 3.05) is 0 Å². The number of phenolic OH excluding ortho intramolecular Hbond substituents is 1. The molecule has 3 heterocycles. The number of carboxylic acids is 1. The van der Waals surface area contributed by atoms with Gasteiger partial charge in [0, 0.05) is 23.1 Å². The number of phenols is 1. The van der Waals surface area contributed by atoms with Crippen molar-refractivity contribution in [3.8, 4) is 5.75 Å². The number of hydrogen-bond donors (Lipinski definition) is 4. The lowest BCUT2D eigenvalue weighted by Gasteiger charge is -2.44. The van der Waals surface area contributed by atoms with E-state index in [1.54, 1.807) is 39.3 Å². The average Bonchev–Trinajstić information content (AvgIpc) is 3.22. The minimum atomic E-state index is -1.24. The molecule has 202 valence electrons. The maximum Gasteiger partial charge on any atom is 0.327 e. The number of thioether (sulfide) groups is 1. The number of nitrogens with zero attached hydrogens (tertiary/aromatic N) is 2. The average molecular weight is 543 g/mol. The van der Waals surface area contributed by atoms with Crippen LogP contribution in [0.1, 0.15) is 64.5 Å². The lowest BCUT2D eigenvalue weighted by molar-refractivity contribution is -0.161. The molecule has 4 N–H and O–H groups in total. The zero-order chi connectivity index (χ0) is 28.3. The van der Waals surface area contributed by atoms with E-state index >= 15 is 0 Å². The summed E-state index contributed by atoms with van der Waals surface area (Å²) in [7, 11) is 1.65. The summed E-state index contributed by atoms with van der Waals surface area (Å²) in [6.45, 7) is 8.28. The number of carboxylic acid groups (broad SMARTS) is 1. The number of rotatable bonds is 7. The van der Waals surface area contributed by atoms with Crippen LogP contribution in [0.15, 0.2) is 24.3 Å². The van der Waals surface area contributed by atoms with Crippen LogP contribution >= 0.6 is 11.8 Å². The predicted octanol–water partition coefficient (Wildman–Crippen LogP) is 1.65. The number of nitrogens with one attached hydrogen (secondary N) is 2. The van der Waals surface area contributed by atoms with Crippen LogP contribution < -0.4 is 10.6 Å². The van der Waals surface area contributed by atoms with E-state index in [9.17, 15) is 34.2 Å². The molecule has 0 spiro atoms. The molecule has 2 aliphatic rings. The number of Topliss-reactive ketones (excluding diaryl/α,β-unsaturated/α-hetero) is 1. The van der Waals surface area contributed by atoms with Gasteiger partial charge in [0.1, 0.15) is 34.9 Å². The Morgan fingerprint density at radius 3 is 2.24 bits per heavy atom. The van der Waals surface area contributed by atoms with Gasteiger partial charge in [-0.3, -0.25) is 19.2 Å². The van der Waals surface area contributed by atoms with Crippen LogP contribution in [0.25, 0.3) is 0 Å². The molecule has 1 aromatic carbocycles. The van der Waals surface area contributed by atoms with Gasteiger partial charge in [0.25, 0.3) is 5.91 Å². The molecule has 0 saturated carbocycles. The van der Waals surface area contributed by atoms with E-state index in [0.29, 0.717) is 22.4 Å². The quantitative estimate of drug-likeness (QED) is 0.304. The Morgan fingerprint density at radius 2 is 1.71 bits per heavy atom. The maximum absolute atomic E-state index is 13.5. The summed E-state index contributed by atoms with van der Waals surface area (Å²) in [4.78, 5) is 65.1. The zero-order valence-corrected chi connectivity index (χ0v) is 22.7. The third-order valence-corrected chi connectivity index (χ3v) is 8.81. The molecule has 11 nitrogen and oxygen atoms in total. The first-order chi connectivity index (χ1) is 17.7.